The highest BCUT2D eigenvalue weighted by Gasteiger charge is 2.36. The van der Waals surface area contributed by atoms with Crippen LogP contribution in [0.3, 0.4) is 0 Å². The monoisotopic (exact) mass is 306 g/mol. The number of hydrogen-bond donors (Lipinski definition) is 1. The molecule has 1 saturated carbocycles. The Labute approximate surface area is 131 Å². The molecule has 4 heteroatoms. The number of likely N-dealkylation sites (tertiary alicyclic amines) is 1. The molecule has 0 bridgehead atoms. The van der Waals surface area contributed by atoms with E-state index in [4.69, 9.17) is 17.3 Å². The van der Waals surface area contributed by atoms with Gasteiger partial charge in [0.15, 0.2) is 0 Å². The summed E-state index contributed by atoms with van der Waals surface area (Å²) in [5.74, 6) is 0.0284. The number of benzene rings is 1. The number of nitrogens with zero attached hydrogens (tertiary/aromatic N) is 1. The number of nitrogens with two attached hydrogens (primary N) is 1. The topological polar surface area (TPSA) is 46.3 Å². The van der Waals surface area contributed by atoms with Crippen LogP contribution in [0.5, 0.6) is 0 Å². The predicted octanol–water partition coefficient (Wildman–Crippen LogP) is 4.11. The summed E-state index contributed by atoms with van der Waals surface area (Å²) in [6, 6.07) is 5.12. The Morgan fingerprint density at radius 1 is 1.10 bits per heavy atom. The zero-order valence-corrected chi connectivity index (χ0v) is 13.2. The Kier molecular flexibility index (Phi) is 4.12. The zero-order valence-electron chi connectivity index (χ0n) is 12.4. The number of rotatable bonds is 1. The van der Waals surface area contributed by atoms with Gasteiger partial charge in [0.05, 0.1) is 5.56 Å². The van der Waals surface area contributed by atoms with E-state index in [1.165, 1.54) is 32.1 Å². The summed E-state index contributed by atoms with van der Waals surface area (Å²) in [5, 5.41) is 0.563. The molecule has 3 nitrogen and oxygen atoms in total. The van der Waals surface area contributed by atoms with Crippen LogP contribution < -0.4 is 5.73 Å². The molecule has 1 aromatic rings. The van der Waals surface area contributed by atoms with Crippen LogP contribution in [0.15, 0.2) is 18.2 Å². The van der Waals surface area contributed by atoms with Crippen LogP contribution in [-0.2, 0) is 0 Å². The second-order valence-corrected chi connectivity index (χ2v) is 7.02. The van der Waals surface area contributed by atoms with Gasteiger partial charge in [0.25, 0.3) is 5.91 Å². The van der Waals surface area contributed by atoms with Crippen molar-refractivity contribution in [3.8, 4) is 0 Å². The van der Waals surface area contributed by atoms with Gasteiger partial charge in [-0.3, -0.25) is 4.79 Å². The number of carbonyl (C=O) groups excluding carboxylic acids is 1. The maximum absolute atomic E-state index is 12.6. The maximum atomic E-state index is 12.6. The summed E-state index contributed by atoms with van der Waals surface area (Å²) in [7, 11) is 0. The van der Waals surface area contributed by atoms with E-state index in [9.17, 15) is 4.79 Å². The number of amides is 1. The molecule has 1 spiro atoms. The van der Waals surface area contributed by atoms with Crippen LogP contribution in [0, 0.1) is 5.41 Å². The Morgan fingerprint density at radius 3 is 2.43 bits per heavy atom. The van der Waals surface area contributed by atoms with Gasteiger partial charge in [0.2, 0.25) is 0 Å². The van der Waals surface area contributed by atoms with Crippen molar-refractivity contribution in [3.05, 3.63) is 28.8 Å². The molecule has 2 fully saturated rings. The van der Waals surface area contributed by atoms with Gasteiger partial charge in [-0.25, -0.2) is 0 Å². The Balaban J connectivity index is 1.69. The maximum Gasteiger partial charge on any atom is 0.255 e. The molecular formula is C17H23ClN2O. The lowest BCUT2D eigenvalue weighted by atomic mass is 9.68. The summed E-state index contributed by atoms with van der Waals surface area (Å²) in [6.45, 7) is 1.70. The minimum Gasteiger partial charge on any atom is -0.398 e. The summed E-state index contributed by atoms with van der Waals surface area (Å²) in [6.07, 6.45) is 9.05. The molecule has 3 rings (SSSR count). The van der Waals surface area contributed by atoms with Crippen molar-refractivity contribution in [2.45, 2.75) is 44.9 Å². The molecule has 2 N–H and O–H groups in total. The molecule has 1 amide bonds. The third-order valence-electron chi connectivity index (χ3n) is 5.27. The Bertz CT molecular complexity index is 528. The summed E-state index contributed by atoms with van der Waals surface area (Å²) >= 11 is 5.99. The molecule has 1 aromatic carbocycles. The molecule has 114 valence electrons. The van der Waals surface area contributed by atoms with E-state index in [2.05, 4.69) is 0 Å². The van der Waals surface area contributed by atoms with Crippen molar-refractivity contribution in [3.63, 3.8) is 0 Å². The molecule has 1 saturated heterocycles. The lowest BCUT2D eigenvalue weighted by Gasteiger charge is -2.44. The molecule has 0 radical (unpaired) electrons. The highest BCUT2D eigenvalue weighted by atomic mass is 35.5. The average molecular weight is 307 g/mol. The molecule has 1 heterocycles. The first-order valence-corrected chi connectivity index (χ1v) is 8.32. The number of piperidine rings is 1. The minimum absolute atomic E-state index is 0.0284. The largest absolute Gasteiger partial charge is 0.398 e. The van der Waals surface area contributed by atoms with Gasteiger partial charge >= 0.3 is 0 Å². The third kappa shape index (κ3) is 3.03. The molecule has 1 aliphatic carbocycles. The molecule has 0 atom stereocenters. The van der Waals surface area contributed by atoms with Crippen molar-refractivity contribution in [2.75, 3.05) is 18.8 Å². The molecule has 2 aliphatic rings. The van der Waals surface area contributed by atoms with Crippen molar-refractivity contribution >= 4 is 23.2 Å². The second-order valence-electron chi connectivity index (χ2n) is 6.58. The molecular weight excluding hydrogens is 284 g/mol. The van der Waals surface area contributed by atoms with Crippen molar-refractivity contribution < 1.29 is 4.79 Å². The SMILES string of the molecule is Nc1ccc(Cl)cc1C(=O)N1CCC2(CCCCC2)CC1. The highest BCUT2D eigenvalue weighted by molar-refractivity contribution is 6.31. The lowest BCUT2D eigenvalue weighted by molar-refractivity contribution is 0.0473. The van der Waals surface area contributed by atoms with Gasteiger partial charge in [-0.05, 0) is 49.3 Å². The first-order valence-electron chi connectivity index (χ1n) is 7.94. The number of carbonyl (C=O) groups is 1. The molecule has 0 unspecified atom stereocenters. The summed E-state index contributed by atoms with van der Waals surface area (Å²) in [5.41, 5.74) is 7.50. The van der Waals surface area contributed by atoms with E-state index in [1.54, 1.807) is 18.2 Å². The van der Waals surface area contributed by atoms with Crippen molar-refractivity contribution in [1.29, 1.82) is 0 Å². The van der Waals surface area contributed by atoms with Crippen LogP contribution in [0.1, 0.15) is 55.3 Å². The fourth-order valence-electron chi connectivity index (χ4n) is 3.87. The minimum atomic E-state index is 0.0284. The van der Waals surface area contributed by atoms with E-state index in [0.717, 1.165) is 25.9 Å². The highest BCUT2D eigenvalue weighted by Crippen LogP contribution is 2.44. The third-order valence-corrected chi connectivity index (χ3v) is 5.51. The van der Waals surface area contributed by atoms with Gasteiger partial charge in [-0.15, -0.1) is 0 Å². The fourth-order valence-corrected chi connectivity index (χ4v) is 4.04. The molecule has 1 aliphatic heterocycles. The van der Waals surface area contributed by atoms with E-state index in [-0.39, 0.29) is 5.91 Å². The van der Waals surface area contributed by atoms with E-state index in [0.29, 0.717) is 21.7 Å². The van der Waals surface area contributed by atoms with Gasteiger partial charge in [0, 0.05) is 23.8 Å². The lowest BCUT2D eigenvalue weighted by Crippen LogP contribution is -2.44. The van der Waals surface area contributed by atoms with Gasteiger partial charge < -0.3 is 10.6 Å². The van der Waals surface area contributed by atoms with Crippen LogP contribution in [0.25, 0.3) is 0 Å². The second kappa shape index (κ2) is 5.88. The number of anilines is 1. The molecule has 0 aromatic heterocycles. The quantitative estimate of drug-likeness (QED) is 0.794. The Morgan fingerprint density at radius 2 is 1.76 bits per heavy atom. The van der Waals surface area contributed by atoms with Crippen LogP contribution in [0.2, 0.25) is 5.02 Å². The standard InChI is InChI=1S/C17H23ClN2O/c18-13-4-5-15(19)14(12-13)16(21)20-10-8-17(9-11-20)6-2-1-3-7-17/h4-5,12H,1-3,6-11,19H2. The van der Waals surface area contributed by atoms with Crippen LogP contribution in [-0.4, -0.2) is 23.9 Å². The van der Waals surface area contributed by atoms with E-state index in [1.807, 2.05) is 4.90 Å². The van der Waals surface area contributed by atoms with Gasteiger partial charge in [-0.1, -0.05) is 30.9 Å². The fraction of sp³-hybridized carbons (Fsp3) is 0.588. The summed E-state index contributed by atoms with van der Waals surface area (Å²) < 4.78 is 0. The van der Waals surface area contributed by atoms with Crippen molar-refractivity contribution in [2.24, 2.45) is 5.41 Å². The van der Waals surface area contributed by atoms with Crippen molar-refractivity contribution in [1.82, 2.24) is 4.90 Å². The van der Waals surface area contributed by atoms with Crippen LogP contribution in [0.4, 0.5) is 5.69 Å². The van der Waals surface area contributed by atoms with Crippen LogP contribution >= 0.6 is 11.6 Å². The van der Waals surface area contributed by atoms with Gasteiger partial charge in [-0.2, -0.15) is 0 Å². The normalized spacial score (nSPS) is 21.5. The predicted molar refractivity (Wildman–Crippen MR) is 86.5 cm³/mol. The number of halogens is 1. The number of nitrogen functional groups attached to an aromatic ring is 1. The number of hydrogen-bond acceptors (Lipinski definition) is 2. The van der Waals surface area contributed by atoms with Gasteiger partial charge in [0.1, 0.15) is 0 Å². The first-order chi connectivity index (χ1) is 10.1. The smallest absolute Gasteiger partial charge is 0.255 e. The van der Waals surface area contributed by atoms with E-state index >= 15 is 0 Å². The molecule has 21 heavy (non-hydrogen) atoms. The summed E-state index contributed by atoms with van der Waals surface area (Å²) in [4.78, 5) is 14.6. The first kappa shape index (κ1) is 14.7. The zero-order chi connectivity index (χ0) is 14.9. The average Bonchev–Trinajstić information content (AvgIpc) is 2.51. The Hall–Kier alpha value is -1.22. The van der Waals surface area contributed by atoms with E-state index < -0.39 is 0 Å².